The quantitative estimate of drug-likeness (QED) is 0.760. The summed E-state index contributed by atoms with van der Waals surface area (Å²) in [6, 6.07) is 1.80. The van der Waals surface area contributed by atoms with Gasteiger partial charge < -0.3 is 10.6 Å². The van der Waals surface area contributed by atoms with Crippen molar-refractivity contribution in [3.05, 3.63) is 22.3 Å². The first-order valence-electron chi connectivity index (χ1n) is 6.36. The normalized spacial score (nSPS) is 10.2. The molecule has 0 atom stereocenters. The molecule has 0 aliphatic rings. The predicted molar refractivity (Wildman–Crippen MR) is 78.0 cm³/mol. The van der Waals surface area contributed by atoms with Crippen molar-refractivity contribution in [1.82, 2.24) is 10.3 Å². The number of anilines is 1. The summed E-state index contributed by atoms with van der Waals surface area (Å²) in [5, 5.41) is 6.07. The zero-order chi connectivity index (χ0) is 13.4. The molecule has 0 aromatic carbocycles. The molecule has 1 rings (SSSR count). The Balaban J connectivity index is 2.76. The minimum atomic E-state index is -0.0733. The molecule has 100 valence electrons. The van der Waals surface area contributed by atoms with Gasteiger partial charge >= 0.3 is 0 Å². The minimum Gasteiger partial charge on any atom is -0.369 e. The van der Waals surface area contributed by atoms with E-state index in [1.165, 1.54) is 0 Å². The van der Waals surface area contributed by atoms with E-state index in [9.17, 15) is 4.79 Å². The number of halogens is 1. The molecule has 0 radical (unpaired) electrons. The van der Waals surface area contributed by atoms with Crippen molar-refractivity contribution in [2.45, 2.75) is 33.1 Å². The second-order valence-electron chi connectivity index (χ2n) is 4.09. The SMILES string of the molecule is CCCCNC(=O)c1cc(Br)cnc1NCCC. The van der Waals surface area contributed by atoms with E-state index in [1.807, 2.05) is 0 Å². The van der Waals surface area contributed by atoms with Gasteiger partial charge in [-0.1, -0.05) is 20.3 Å². The Morgan fingerprint density at radius 2 is 2.11 bits per heavy atom. The molecular formula is C13H20BrN3O. The lowest BCUT2D eigenvalue weighted by Crippen LogP contribution is -2.25. The van der Waals surface area contributed by atoms with E-state index in [0.29, 0.717) is 17.9 Å². The zero-order valence-corrected chi connectivity index (χ0v) is 12.5. The molecule has 0 spiro atoms. The number of carbonyl (C=O) groups is 1. The van der Waals surface area contributed by atoms with Crippen molar-refractivity contribution < 1.29 is 4.79 Å². The molecule has 4 nitrogen and oxygen atoms in total. The standard InChI is InChI=1S/C13H20BrN3O/c1-3-5-7-16-13(18)11-8-10(14)9-17-12(11)15-6-4-2/h8-9H,3-7H2,1-2H3,(H,15,17)(H,16,18). The second kappa shape index (κ2) is 8.08. The summed E-state index contributed by atoms with van der Waals surface area (Å²) in [4.78, 5) is 16.3. The first-order valence-corrected chi connectivity index (χ1v) is 7.16. The molecule has 1 amide bonds. The van der Waals surface area contributed by atoms with Crippen molar-refractivity contribution in [3.63, 3.8) is 0 Å². The molecule has 0 unspecified atom stereocenters. The number of hydrogen-bond acceptors (Lipinski definition) is 3. The highest BCUT2D eigenvalue weighted by atomic mass is 79.9. The van der Waals surface area contributed by atoms with E-state index < -0.39 is 0 Å². The Morgan fingerprint density at radius 3 is 2.78 bits per heavy atom. The third kappa shape index (κ3) is 4.64. The van der Waals surface area contributed by atoms with Gasteiger partial charge in [0.15, 0.2) is 0 Å². The van der Waals surface area contributed by atoms with Crippen LogP contribution in [0, 0.1) is 0 Å². The highest BCUT2D eigenvalue weighted by Gasteiger charge is 2.12. The topological polar surface area (TPSA) is 54.0 Å². The fourth-order valence-electron chi connectivity index (χ4n) is 1.47. The third-order valence-corrected chi connectivity index (χ3v) is 2.89. The van der Waals surface area contributed by atoms with E-state index >= 15 is 0 Å². The van der Waals surface area contributed by atoms with Gasteiger partial charge in [-0.3, -0.25) is 4.79 Å². The van der Waals surface area contributed by atoms with Crippen LogP contribution in [-0.4, -0.2) is 24.0 Å². The molecule has 0 bridgehead atoms. The number of nitrogens with one attached hydrogen (secondary N) is 2. The first-order chi connectivity index (χ1) is 8.69. The number of rotatable bonds is 7. The van der Waals surface area contributed by atoms with Gasteiger partial charge in [-0.15, -0.1) is 0 Å². The number of hydrogen-bond donors (Lipinski definition) is 2. The molecule has 1 heterocycles. The van der Waals surface area contributed by atoms with Crippen molar-refractivity contribution >= 4 is 27.7 Å². The smallest absolute Gasteiger partial charge is 0.255 e. The third-order valence-electron chi connectivity index (χ3n) is 2.46. The lowest BCUT2D eigenvalue weighted by molar-refractivity contribution is 0.0953. The molecule has 2 N–H and O–H groups in total. The van der Waals surface area contributed by atoms with Gasteiger partial charge in [-0.25, -0.2) is 4.98 Å². The van der Waals surface area contributed by atoms with Crippen LogP contribution in [0.2, 0.25) is 0 Å². The van der Waals surface area contributed by atoms with Gasteiger partial charge in [-0.2, -0.15) is 0 Å². The lowest BCUT2D eigenvalue weighted by Gasteiger charge is -2.11. The maximum absolute atomic E-state index is 12.0. The van der Waals surface area contributed by atoms with Gasteiger partial charge in [0.1, 0.15) is 5.82 Å². The van der Waals surface area contributed by atoms with E-state index in [2.05, 4.69) is 45.4 Å². The van der Waals surface area contributed by atoms with Crippen LogP contribution in [0.4, 0.5) is 5.82 Å². The van der Waals surface area contributed by atoms with E-state index in [4.69, 9.17) is 0 Å². The maximum Gasteiger partial charge on any atom is 0.255 e. The van der Waals surface area contributed by atoms with Gasteiger partial charge in [0, 0.05) is 23.8 Å². The van der Waals surface area contributed by atoms with Crippen molar-refractivity contribution in [2.24, 2.45) is 0 Å². The molecule has 18 heavy (non-hydrogen) atoms. The Bertz CT molecular complexity index is 396. The Morgan fingerprint density at radius 1 is 1.33 bits per heavy atom. The maximum atomic E-state index is 12.0. The van der Waals surface area contributed by atoms with Crippen LogP contribution in [0.15, 0.2) is 16.7 Å². The number of pyridine rings is 1. The fourth-order valence-corrected chi connectivity index (χ4v) is 1.80. The molecule has 1 aromatic rings. The monoisotopic (exact) mass is 313 g/mol. The van der Waals surface area contributed by atoms with Gasteiger partial charge in [0.2, 0.25) is 0 Å². The minimum absolute atomic E-state index is 0.0733. The molecule has 0 saturated heterocycles. The van der Waals surface area contributed by atoms with Crippen LogP contribution in [0.5, 0.6) is 0 Å². The molecule has 0 fully saturated rings. The average molecular weight is 314 g/mol. The summed E-state index contributed by atoms with van der Waals surface area (Å²) in [5.74, 6) is 0.574. The highest BCUT2D eigenvalue weighted by Crippen LogP contribution is 2.18. The second-order valence-corrected chi connectivity index (χ2v) is 5.00. The fraction of sp³-hybridized carbons (Fsp3) is 0.538. The zero-order valence-electron chi connectivity index (χ0n) is 10.9. The summed E-state index contributed by atoms with van der Waals surface area (Å²) in [7, 11) is 0. The first kappa shape index (κ1) is 15.0. The summed E-state index contributed by atoms with van der Waals surface area (Å²) in [6.45, 7) is 5.69. The predicted octanol–water partition coefficient (Wildman–Crippen LogP) is 3.20. The van der Waals surface area contributed by atoms with Crippen LogP contribution in [-0.2, 0) is 0 Å². The van der Waals surface area contributed by atoms with Crippen molar-refractivity contribution in [3.8, 4) is 0 Å². The van der Waals surface area contributed by atoms with Crippen LogP contribution in [0.1, 0.15) is 43.5 Å². The van der Waals surface area contributed by atoms with Crippen molar-refractivity contribution in [2.75, 3.05) is 18.4 Å². The van der Waals surface area contributed by atoms with Gasteiger partial charge in [0.25, 0.3) is 5.91 Å². The van der Waals surface area contributed by atoms with Crippen LogP contribution in [0.3, 0.4) is 0 Å². The lowest BCUT2D eigenvalue weighted by atomic mass is 10.2. The van der Waals surface area contributed by atoms with Gasteiger partial charge in [-0.05, 0) is 34.8 Å². The van der Waals surface area contributed by atoms with Crippen LogP contribution in [0.25, 0.3) is 0 Å². The molecule has 0 aliphatic heterocycles. The number of amides is 1. The Hall–Kier alpha value is -1.10. The Labute approximate surface area is 117 Å². The summed E-state index contributed by atoms with van der Waals surface area (Å²) in [5.41, 5.74) is 0.592. The van der Waals surface area contributed by atoms with Crippen LogP contribution >= 0.6 is 15.9 Å². The van der Waals surface area contributed by atoms with Crippen molar-refractivity contribution in [1.29, 1.82) is 0 Å². The number of carbonyl (C=O) groups excluding carboxylic acids is 1. The largest absolute Gasteiger partial charge is 0.369 e. The van der Waals surface area contributed by atoms with E-state index in [-0.39, 0.29) is 5.91 Å². The summed E-state index contributed by atoms with van der Waals surface area (Å²) < 4.78 is 0.810. The molecule has 5 heteroatoms. The summed E-state index contributed by atoms with van der Waals surface area (Å²) >= 11 is 3.34. The van der Waals surface area contributed by atoms with Crippen LogP contribution < -0.4 is 10.6 Å². The highest BCUT2D eigenvalue weighted by molar-refractivity contribution is 9.10. The Kier molecular flexibility index (Phi) is 6.72. The average Bonchev–Trinajstić information content (AvgIpc) is 2.37. The number of nitrogens with zero attached hydrogens (tertiary/aromatic N) is 1. The van der Waals surface area contributed by atoms with E-state index in [1.54, 1.807) is 12.3 Å². The molecule has 1 aromatic heterocycles. The van der Waals surface area contributed by atoms with Gasteiger partial charge in [0.05, 0.1) is 5.56 Å². The molecule has 0 saturated carbocycles. The molecule has 0 aliphatic carbocycles. The summed E-state index contributed by atoms with van der Waals surface area (Å²) in [6.07, 6.45) is 4.75. The van der Waals surface area contributed by atoms with E-state index in [0.717, 1.165) is 30.3 Å². The number of unbranched alkanes of at least 4 members (excludes halogenated alkanes) is 1. The number of aromatic nitrogens is 1. The molecular weight excluding hydrogens is 294 g/mol.